The van der Waals surface area contributed by atoms with Crippen molar-refractivity contribution < 1.29 is 4.79 Å². The molecule has 1 unspecified atom stereocenters. The Hall–Kier alpha value is -1.68. The normalized spacial score (nSPS) is 20.2. The van der Waals surface area contributed by atoms with Crippen LogP contribution in [0.3, 0.4) is 0 Å². The summed E-state index contributed by atoms with van der Waals surface area (Å²) in [6, 6.07) is 4.91. The highest BCUT2D eigenvalue weighted by Gasteiger charge is 2.25. The van der Waals surface area contributed by atoms with Crippen molar-refractivity contribution in [1.82, 2.24) is 14.3 Å². The number of nitrogens with zero attached hydrogens (tertiary/aromatic N) is 3. The van der Waals surface area contributed by atoms with Crippen LogP contribution in [0.4, 0.5) is 0 Å². The average molecular weight is 285 g/mol. The van der Waals surface area contributed by atoms with Crippen LogP contribution in [0.2, 0.25) is 0 Å². The molecule has 1 fully saturated rings. The Morgan fingerprint density at radius 2 is 2.19 bits per heavy atom. The Labute approximate surface area is 125 Å². The van der Waals surface area contributed by atoms with Crippen molar-refractivity contribution in [3.8, 4) is 0 Å². The van der Waals surface area contributed by atoms with E-state index in [0.29, 0.717) is 17.6 Å². The van der Waals surface area contributed by atoms with Gasteiger partial charge in [0.25, 0.3) is 0 Å². The first-order valence-corrected chi connectivity index (χ1v) is 7.86. The van der Waals surface area contributed by atoms with Gasteiger partial charge in [0.15, 0.2) is 6.29 Å². The summed E-state index contributed by atoms with van der Waals surface area (Å²) < 4.78 is 1.96. The number of carbonyl (C=O) groups excluding carboxylic acids is 1. The van der Waals surface area contributed by atoms with E-state index in [1.54, 1.807) is 0 Å². The number of fused-ring (bicyclic) bond motifs is 1. The number of likely N-dealkylation sites (tertiary alicyclic amines) is 1. The van der Waals surface area contributed by atoms with Crippen LogP contribution in [0.25, 0.3) is 5.65 Å². The van der Waals surface area contributed by atoms with Crippen LogP contribution in [0, 0.1) is 0 Å². The third-order valence-electron chi connectivity index (χ3n) is 4.44. The molecule has 2 aromatic heterocycles. The molecule has 0 N–H and O–H groups in total. The number of aldehydes is 1. The standard InChI is InChI=1S/C17H23N3O/c1-13(2)20-8-4-3-5-16(20)9-15-11-19-10-14(12-21)6-7-17(19)18-15/h6-7,10-13,16H,3-5,8-9H2,1-2H3. The number of carbonyl (C=O) groups is 1. The molecule has 3 heterocycles. The van der Waals surface area contributed by atoms with Gasteiger partial charge in [0.05, 0.1) is 5.69 Å². The van der Waals surface area contributed by atoms with Gasteiger partial charge in [-0.05, 0) is 45.4 Å². The first-order chi connectivity index (χ1) is 10.2. The third kappa shape index (κ3) is 3.00. The van der Waals surface area contributed by atoms with Gasteiger partial charge in [0.1, 0.15) is 5.65 Å². The number of imidazole rings is 1. The van der Waals surface area contributed by atoms with Crippen LogP contribution >= 0.6 is 0 Å². The molecule has 1 saturated heterocycles. The highest BCUT2D eigenvalue weighted by molar-refractivity contribution is 5.74. The molecule has 0 aliphatic carbocycles. The van der Waals surface area contributed by atoms with Crippen LogP contribution in [-0.4, -0.2) is 39.2 Å². The Bertz CT molecular complexity index is 632. The average Bonchev–Trinajstić information content (AvgIpc) is 2.88. The monoisotopic (exact) mass is 285 g/mol. The van der Waals surface area contributed by atoms with E-state index in [2.05, 4.69) is 24.9 Å². The molecule has 1 atom stereocenters. The van der Waals surface area contributed by atoms with E-state index in [1.807, 2.05) is 22.7 Å². The lowest BCUT2D eigenvalue weighted by atomic mass is 9.97. The van der Waals surface area contributed by atoms with Crippen LogP contribution < -0.4 is 0 Å². The van der Waals surface area contributed by atoms with Crippen molar-refractivity contribution in [3.05, 3.63) is 35.8 Å². The van der Waals surface area contributed by atoms with Crippen LogP contribution in [0.15, 0.2) is 24.5 Å². The largest absolute Gasteiger partial charge is 0.306 e. The molecule has 4 nitrogen and oxygen atoms in total. The second-order valence-electron chi connectivity index (χ2n) is 6.26. The van der Waals surface area contributed by atoms with Crippen molar-refractivity contribution in [2.24, 2.45) is 0 Å². The van der Waals surface area contributed by atoms with E-state index >= 15 is 0 Å². The fourth-order valence-corrected chi connectivity index (χ4v) is 3.39. The topological polar surface area (TPSA) is 37.6 Å². The van der Waals surface area contributed by atoms with Gasteiger partial charge in [0.2, 0.25) is 0 Å². The molecule has 0 aromatic carbocycles. The Balaban J connectivity index is 1.81. The second kappa shape index (κ2) is 5.98. The maximum Gasteiger partial charge on any atom is 0.151 e. The Morgan fingerprint density at radius 3 is 2.95 bits per heavy atom. The summed E-state index contributed by atoms with van der Waals surface area (Å²) in [6.45, 7) is 5.75. The molecule has 4 heteroatoms. The summed E-state index contributed by atoms with van der Waals surface area (Å²) in [6.07, 6.45) is 9.66. The molecular formula is C17H23N3O. The fraction of sp³-hybridized carbons (Fsp3) is 0.529. The van der Waals surface area contributed by atoms with E-state index in [-0.39, 0.29) is 0 Å². The number of rotatable bonds is 4. The van der Waals surface area contributed by atoms with Crippen LogP contribution in [0.5, 0.6) is 0 Å². The van der Waals surface area contributed by atoms with Crippen LogP contribution in [-0.2, 0) is 6.42 Å². The van der Waals surface area contributed by atoms with Gasteiger partial charge in [0, 0.05) is 36.5 Å². The van der Waals surface area contributed by atoms with Gasteiger partial charge in [-0.3, -0.25) is 9.69 Å². The molecule has 3 rings (SSSR count). The van der Waals surface area contributed by atoms with Gasteiger partial charge in [-0.25, -0.2) is 4.98 Å². The Kier molecular flexibility index (Phi) is 4.06. The summed E-state index contributed by atoms with van der Waals surface area (Å²) in [7, 11) is 0. The van der Waals surface area contributed by atoms with E-state index in [4.69, 9.17) is 4.98 Å². The number of pyridine rings is 1. The molecule has 0 saturated carbocycles. The zero-order chi connectivity index (χ0) is 14.8. The van der Waals surface area contributed by atoms with Gasteiger partial charge in [-0.15, -0.1) is 0 Å². The molecule has 0 radical (unpaired) electrons. The minimum Gasteiger partial charge on any atom is -0.306 e. The van der Waals surface area contributed by atoms with E-state index in [1.165, 1.54) is 25.8 Å². The Morgan fingerprint density at radius 1 is 1.33 bits per heavy atom. The van der Waals surface area contributed by atoms with Gasteiger partial charge in [-0.1, -0.05) is 6.42 Å². The molecule has 21 heavy (non-hydrogen) atoms. The number of hydrogen-bond acceptors (Lipinski definition) is 3. The number of aromatic nitrogens is 2. The molecule has 0 amide bonds. The summed E-state index contributed by atoms with van der Waals surface area (Å²) >= 11 is 0. The van der Waals surface area contributed by atoms with Crippen molar-refractivity contribution in [1.29, 1.82) is 0 Å². The van der Waals surface area contributed by atoms with Gasteiger partial charge in [-0.2, -0.15) is 0 Å². The van der Waals surface area contributed by atoms with Crippen molar-refractivity contribution >= 4 is 11.9 Å². The molecular weight excluding hydrogens is 262 g/mol. The predicted octanol–water partition coefficient (Wildman–Crippen LogP) is 2.95. The van der Waals surface area contributed by atoms with E-state index < -0.39 is 0 Å². The zero-order valence-corrected chi connectivity index (χ0v) is 12.8. The van der Waals surface area contributed by atoms with Crippen molar-refractivity contribution in [3.63, 3.8) is 0 Å². The minimum absolute atomic E-state index is 0.592. The number of hydrogen-bond donors (Lipinski definition) is 0. The fourth-order valence-electron chi connectivity index (χ4n) is 3.39. The lowest BCUT2D eigenvalue weighted by Gasteiger charge is -2.38. The van der Waals surface area contributed by atoms with E-state index in [9.17, 15) is 4.79 Å². The van der Waals surface area contributed by atoms with Gasteiger partial charge < -0.3 is 4.40 Å². The lowest BCUT2D eigenvalue weighted by molar-refractivity contribution is 0.111. The predicted molar refractivity (Wildman–Crippen MR) is 83.8 cm³/mol. The molecule has 112 valence electrons. The molecule has 0 spiro atoms. The van der Waals surface area contributed by atoms with Crippen molar-refractivity contribution in [2.45, 2.75) is 51.6 Å². The zero-order valence-electron chi connectivity index (χ0n) is 12.8. The maximum absolute atomic E-state index is 10.9. The summed E-state index contributed by atoms with van der Waals surface area (Å²) in [4.78, 5) is 18.1. The highest BCUT2D eigenvalue weighted by atomic mass is 16.1. The first kappa shape index (κ1) is 14.3. The van der Waals surface area contributed by atoms with E-state index in [0.717, 1.165) is 24.0 Å². The molecule has 2 aromatic rings. The third-order valence-corrected chi connectivity index (χ3v) is 4.44. The second-order valence-corrected chi connectivity index (χ2v) is 6.26. The quantitative estimate of drug-likeness (QED) is 0.811. The lowest BCUT2D eigenvalue weighted by Crippen LogP contribution is -2.45. The summed E-state index contributed by atoms with van der Waals surface area (Å²) in [5, 5.41) is 0. The number of piperidine rings is 1. The highest BCUT2D eigenvalue weighted by Crippen LogP contribution is 2.22. The molecule has 1 aliphatic heterocycles. The van der Waals surface area contributed by atoms with Crippen LogP contribution in [0.1, 0.15) is 49.2 Å². The smallest absolute Gasteiger partial charge is 0.151 e. The first-order valence-electron chi connectivity index (χ1n) is 7.86. The molecule has 1 aliphatic rings. The maximum atomic E-state index is 10.9. The van der Waals surface area contributed by atoms with Gasteiger partial charge >= 0.3 is 0 Å². The molecule has 0 bridgehead atoms. The summed E-state index contributed by atoms with van der Waals surface area (Å²) in [5.41, 5.74) is 2.73. The van der Waals surface area contributed by atoms with Crippen molar-refractivity contribution in [2.75, 3.05) is 6.54 Å². The summed E-state index contributed by atoms with van der Waals surface area (Å²) in [5.74, 6) is 0. The SMILES string of the molecule is CC(C)N1CCCCC1Cc1cn2cc(C=O)ccc2n1. The minimum atomic E-state index is 0.592.